The first kappa shape index (κ1) is 12.3. The molecule has 0 amide bonds. The summed E-state index contributed by atoms with van der Waals surface area (Å²) in [5.41, 5.74) is 6.00. The molecule has 0 radical (unpaired) electrons. The van der Waals surface area contributed by atoms with Crippen LogP contribution in [0.2, 0.25) is 0 Å². The third-order valence-electron chi connectivity index (χ3n) is 3.83. The quantitative estimate of drug-likeness (QED) is 0.741. The maximum atomic E-state index is 6.00. The predicted molar refractivity (Wildman–Crippen MR) is 65.5 cm³/mol. The maximum absolute atomic E-state index is 6.00. The Bertz CT molecular complexity index is 206. The first-order valence-corrected chi connectivity index (χ1v) is 6.59. The molecule has 2 N–H and O–H groups in total. The largest absolute Gasteiger partial charge is 0.379 e. The Morgan fingerprint density at radius 3 is 2.75 bits per heavy atom. The summed E-state index contributed by atoms with van der Waals surface area (Å²) in [6.45, 7) is 9.69. The minimum atomic E-state index is 0.350. The van der Waals surface area contributed by atoms with Crippen LogP contribution in [-0.2, 0) is 4.74 Å². The van der Waals surface area contributed by atoms with E-state index >= 15 is 0 Å². The summed E-state index contributed by atoms with van der Waals surface area (Å²) in [7, 11) is 0. The fourth-order valence-electron chi connectivity index (χ4n) is 2.68. The molecule has 2 heterocycles. The molecule has 4 heteroatoms. The van der Waals surface area contributed by atoms with Crippen molar-refractivity contribution in [1.82, 2.24) is 9.80 Å². The molecule has 0 aromatic rings. The van der Waals surface area contributed by atoms with E-state index < -0.39 is 0 Å². The monoisotopic (exact) mass is 227 g/mol. The second-order valence-electron chi connectivity index (χ2n) is 5.02. The molecule has 2 saturated heterocycles. The van der Waals surface area contributed by atoms with Crippen molar-refractivity contribution in [3.05, 3.63) is 0 Å². The van der Waals surface area contributed by atoms with E-state index in [1.165, 1.54) is 19.5 Å². The van der Waals surface area contributed by atoms with Crippen LogP contribution in [0.1, 0.15) is 19.8 Å². The van der Waals surface area contributed by atoms with Crippen molar-refractivity contribution >= 4 is 0 Å². The normalized spacial score (nSPS) is 30.8. The van der Waals surface area contributed by atoms with Gasteiger partial charge in [-0.15, -0.1) is 0 Å². The van der Waals surface area contributed by atoms with Gasteiger partial charge in [-0.25, -0.2) is 0 Å². The van der Waals surface area contributed by atoms with Crippen LogP contribution in [0.3, 0.4) is 0 Å². The zero-order valence-electron chi connectivity index (χ0n) is 10.4. The third-order valence-corrected chi connectivity index (χ3v) is 3.83. The molecule has 16 heavy (non-hydrogen) atoms. The summed E-state index contributed by atoms with van der Waals surface area (Å²) in [5.74, 6) is 0. The van der Waals surface area contributed by atoms with Crippen molar-refractivity contribution in [3.63, 3.8) is 0 Å². The van der Waals surface area contributed by atoms with Gasteiger partial charge < -0.3 is 15.4 Å². The molecule has 0 spiro atoms. The van der Waals surface area contributed by atoms with E-state index in [9.17, 15) is 0 Å². The minimum Gasteiger partial charge on any atom is -0.379 e. The fourth-order valence-corrected chi connectivity index (χ4v) is 2.68. The summed E-state index contributed by atoms with van der Waals surface area (Å²) in [4.78, 5) is 5.11. The fraction of sp³-hybridized carbons (Fsp3) is 1.00. The number of ether oxygens (including phenoxy) is 1. The Balaban J connectivity index is 1.74. The average Bonchev–Trinajstić information content (AvgIpc) is 2.78. The van der Waals surface area contributed by atoms with Crippen LogP contribution in [0.5, 0.6) is 0 Å². The summed E-state index contributed by atoms with van der Waals surface area (Å²) < 4.78 is 5.39. The Kier molecular flexibility index (Phi) is 4.58. The van der Waals surface area contributed by atoms with Gasteiger partial charge in [0.2, 0.25) is 0 Å². The van der Waals surface area contributed by atoms with Crippen LogP contribution < -0.4 is 5.73 Å². The molecule has 2 unspecified atom stereocenters. The SMILES string of the molecule is CCC(N)CN1CCC(N2CCOCC2)C1. The van der Waals surface area contributed by atoms with Gasteiger partial charge in [-0.1, -0.05) is 6.92 Å². The van der Waals surface area contributed by atoms with Gasteiger partial charge >= 0.3 is 0 Å². The highest BCUT2D eigenvalue weighted by Crippen LogP contribution is 2.17. The standard InChI is InChI=1S/C12H25N3O/c1-2-11(13)9-14-4-3-12(10-14)15-5-7-16-8-6-15/h11-12H,2-10,13H2,1H3. The Morgan fingerprint density at radius 2 is 2.06 bits per heavy atom. The van der Waals surface area contributed by atoms with E-state index in [0.29, 0.717) is 6.04 Å². The molecule has 94 valence electrons. The lowest BCUT2D eigenvalue weighted by Crippen LogP contribution is -2.45. The number of nitrogens with two attached hydrogens (primary N) is 1. The number of likely N-dealkylation sites (tertiary alicyclic amines) is 1. The number of morpholine rings is 1. The average molecular weight is 227 g/mol. The third kappa shape index (κ3) is 3.17. The van der Waals surface area contributed by atoms with Crippen LogP contribution in [0.4, 0.5) is 0 Å². The second-order valence-corrected chi connectivity index (χ2v) is 5.02. The van der Waals surface area contributed by atoms with Crippen molar-refractivity contribution in [3.8, 4) is 0 Å². The van der Waals surface area contributed by atoms with Gasteiger partial charge in [-0.3, -0.25) is 4.90 Å². The summed E-state index contributed by atoms with van der Waals surface area (Å²) in [5, 5.41) is 0. The number of rotatable bonds is 4. The molecule has 4 nitrogen and oxygen atoms in total. The molecule has 2 rings (SSSR count). The topological polar surface area (TPSA) is 41.7 Å². The smallest absolute Gasteiger partial charge is 0.0594 e. The molecule has 0 bridgehead atoms. The van der Waals surface area contributed by atoms with Crippen LogP contribution in [-0.4, -0.2) is 67.8 Å². The van der Waals surface area contributed by atoms with Crippen LogP contribution in [0, 0.1) is 0 Å². The highest BCUT2D eigenvalue weighted by molar-refractivity contribution is 4.85. The zero-order valence-corrected chi connectivity index (χ0v) is 10.4. The first-order chi connectivity index (χ1) is 7.79. The van der Waals surface area contributed by atoms with Crippen LogP contribution >= 0.6 is 0 Å². The Hall–Kier alpha value is -0.160. The van der Waals surface area contributed by atoms with Crippen molar-refractivity contribution < 1.29 is 4.74 Å². The lowest BCUT2D eigenvalue weighted by Gasteiger charge is -2.32. The van der Waals surface area contributed by atoms with E-state index in [-0.39, 0.29) is 0 Å². The molecule has 2 atom stereocenters. The minimum absolute atomic E-state index is 0.350. The molecule has 2 fully saturated rings. The molecular weight excluding hydrogens is 202 g/mol. The Labute approximate surface area is 98.7 Å². The number of hydrogen-bond donors (Lipinski definition) is 1. The first-order valence-electron chi connectivity index (χ1n) is 6.59. The summed E-state index contributed by atoms with van der Waals surface area (Å²) >= 11 is 0. The van der Waals surface area contributed by atoms with Crippen LogP contribution in [0.25, 0.3) is 0 Å². The lowest BCUT2D eigenvalue weighted by molar-refractivity contribution is 0.0184. The van der Waals surface area contributed by atoms with E-state index in [1.54, 1.807) is 0 Å². The van der Waals surface area contributed by atoms with Gasteiger partial charge in [0.1, 0.15) is 0 Å². The predicted octanol–water partition coefficient (Wildman–Crippen LogP) is 0.130. The zero-order chi connectivity index (χ0) is 11.4. The Morgan fingerprint density at radius 1 is 1.31 bits per heavy atom. The van der Waals surface area contributed by atoms with Gasteiger partial charge in [0.25, 0.3) is 0 Å². The highest BCUT2D eigenvalue weighted by Gasteiger charge is 2.28. The molecule has 0 aromatic carbocycles. The van der Waals surface area contributed by atoms with E-state index in [1.807, 2.05) is 0 Å². The summed E-state index contributed by atoms with van der Waals surface area (Å²) in [6.07, 6.45) is 2.38. The maximum Gasteiger partial charge on any atom is 0.0594 e. The highest BCUT2D eigenvalue weighted by atomic mass is 16.5. The van der Waals surface area contributed by atoms with Gasteiger partial charge in [0.15, 0.2) is 0 Å². The van der Waals surface area contributed by atoms with Crippen molar-refractivity contribution in [2.24, 2.45) is 5.73 Å². The van der Waals surface area contributed by atoms with E-state index in [2.05, 4.69) is 16.7 Å². The van der Waals surface area contributed by atoms with Gasteiger partial charge in [0.05, 0.1) is 13.2 Å². The van der Waals surface area contributed by atoms with Crippen molar-refractivity contribution in [2.75, 3.05) is 45.9 Å². The van der Waals surface area contributed by atoms with Gasteiger partial charge in [-0.2, -0.15) is 0 Å². The second kappa shape index (κ2) is 5.96. The van der Waals surface area contributed by atoms with E-state index in [0.717, 1.165) is 45.3 Å². The molecular formula is C12H25N3O. The van der Waals surface area contributed by atoms with Crippen molar-refractivity contribution in [2.45, 2.75) is 31.8 Å². The molecule has 0 aromatic heterocycles. The molecule has 0 saturated carbocycles. The van der Waals surface area contributed by atoms with Gasteiger partial charge in [0, 0.05) is 38.3 Å². The lowest BCUT2D eigenvalue weighted by atomic mass is 10.2. The van der Waals surface area contributed by atoms with Gasteiger partial charge in [-0.05, 0) is 19.4 Å². The molecule has 0 aliphatic carbocycles. The molecule has 2 aliphatic heterocycles. The van der Waals surface area contributed by atoms with Crippen LogP contribution in [0.15, 0.2) is 0 Å². The molecule has 2 aliphatic rings. The number of hydrogen-bond acceptors (Lipinski definition) is 4. The van der Waals surface area contributed by atoms with E-state index in [4.69, 9.17) is 10.5 Å². The number of nitrogens with zero attached hydrogens (tertiary/aromatic N) is 2. The summed E-state index contributed by atoms with van der Waals surface area (Å²) in [6, 6.07) is 1.09. The van der Waals surface area contributed by atoms with Crippen molar-refractivity contribution in [1.29, 1.82) is 0 Å².